The van der Waals surface area contributed by atoms with Gasteiger partial charge in [-0.2, -0.15) is 9.65 Å². The van der Waals surface area contributed by atoms with Gasteiger partial charge in [0.25, 0.3) is 0 Å². The van der Waals surface area contributed by atoms with Gasteiger partial charge in [-0.1, -0.05) is 23.2 Å². The lowest BCUT2D eigenvalue weighted by atomic mass is 10.3. The van der Waals surface area contributed by atoms with Crippen molar-refractivity contribution in [3.63, 3.8) is 0 Å². The zero-order valence-corrected chi connectivity index (χ0v) is 6.62. The molecular formula is C6HCl2FN2. The van der Waals surface area contributed by atoms with Gasteiger partial charge in [-0.05, 0) is 0 Å². The first-order chi connectivity index (χ1) is 5.16. The lowest BCUT2D eigenvalue weighted by Crippen LogP contribution is -1.88. The molecule has 0 radical (unpaired) electrons. The molecule has 2 nitrogen and oxygen atoms in total. The molecule has 0 bridgehead atoms. The Kier molecular flexibility index (Phi) is 2.28. The third kappa shape index (κ3) is 1.42. The fraction of sp³-hybridized carbons (Fsp3) is 0. The van der Waals surface area contributed by atoms with E-state index in [4.69, 9.17) is 28.5 Å². The van der Waals surface area contributed by atoms with Crippen LogP contribution in [-0.2, 0) is 0 Å². The SMILES string of the molecule is N#Cc1c(Cl)cnc(F)c1Cl. The second kappa shape index (κ2) is 3.04. The van der Waals surface area contributed by atoms with Crippen LogP contribution in [0.5, 0.6) is 0 Å². The molecule has 56 valence electrons. The Labute approximate surface area is 72.2 Å². The van der Waals surface area contributed by atoms with Crippen molar-refractivity contribution in [2.75, 3.05) is 0 Å². The predicted molar refractivity (Wildman–Crippen MR) is 38.9 cm³/mol. The van der Waals surface area contributed by atoms with E-state index in [0.29, 0.717) is 0 Å². The maximum atomic E-state index is 12.5. The van der Waals surface area contributed by atoms with E-state index in [0.717, 1.165) is 6.20 Å². The Hall–Kier alpha value is -0.850. The Balaban J connectivity index is 3.44. The summed E-state index contributed by atoms with van der Waals surface area (Å²) in [5, 5.41) is 8.13. The molecule has 0 aromatic carbocycles. The summed E-state index contributed by atoms with van der Waals surface area (Å²) in [7, 11) is 0. The highest BCUT2D eigenvalue weighted by Crippen LogP contribution is 2.23. The predicted octanol–water partition coefficient (Wildman–Crippen LogP) is 2.40. The number of nitrogens with zero attached hydrogens (tertiary/aromatic N) is 2. The van der Waals surface area contributed by atoms with Crippen molar-refractivity contribution in [3.05, 3.63) is 27.8 Å². The molecule has 0 amide bonds. The van der Waals surface area contributed by atoms with Crippen molar-refractivity contribution in [2.45, 2.75) is 0 Å². The first kappa shape index (κ1) is 8.25. The van der Waals surface area contributed by atoms with E-state index in [1.807, 2.05) is 0 Å². The standard InChI is InChI=1S/C6HCl2FN2/c7-4-2-11-6(9)5(8)3(4)1-10/h2H. The number of pyridine rings is 1. The van der Waals surface area contributed by atoms with Gasteiger partial charge in [0.05, 0.1) is 16.8 Å². The molecule has 1 heterocycles. The van der Waals surface area contributed by atoms with E-state index in [2.05, 4.69) is 4.98 Å². The first-order valence-electron chi connectivity index (χ1n) is 2.56. The second-order valence-corrected chi connectivity index (χ2v) is 2.48. The van der Waals surface area contributed by atoms with Crippen molar-refractivity contribution < 1.29 is 4.39 Å². The van der Waals surface area contributed by atoms with Crippen LogP contribution in [0.1, 0.15) is 5.56 Å². The Morgan fingerprint density at radius 3 is 2.64 bits per heavy atom. The monoisotopic (exact) mass is 190 g/mol. The van der Waals surface area contributed by atoms with Gasteiger partial charge in [0, 0.05) is 0 Å². The number of nitriles is 1. The first-order valence-corrected chi connectivity index (χ1v) is 3.32. The van der Waals surface area contributed by atoms with Crippen molar-refractivity contribution in [1.29, 1.82) is 5.26 Å². The molecular weight excluding hydrogens is 190 g/mol. The lowest BCUT2D eigenvalue weighted by Gasteiger charge is -1.96. The van der Waals surface area contributed by atoms with Gasteiger partial charge < -0.3 is 0 Å². The highest BCUT2D eigenvalue weighted by Gasteiger charge is 2.10. The van der Waals surface area contributed by atoms with Gasteiger partial charge >= 0.3 is 0 Å². The lowest BCUT2D eigenvalue weighted by molar-refractivity contribution is 0.584. The molecule has 1 rings (SSSR count). The summed E-state index contributed by atoms with van der Waals surface area (Å²) in [6, 6.07) is 1.66. The van der Waals surface area contributed by atoms with Crippen LogP contribution in [-0.4, -0.2) is 4.98 Å². The molecule has 0 aliphatic heterocycles. The molecule has 1 aromatic heterocycles. The summed E-state index contributed by atoms with van der Waals surface area (Å²) in [6.07, 6.45) is 1.04. The van der Waals surface area contributed by atoms with E-state index in [9.17, 15) is 4.39 Å². The fourth-order valence-corrected chi connectivity index (χ4v) is 0.972. The molecule has 0 aliphatic rings. The molecule has 0 fully saturated rings. The van der Waals surface area contributed by atoms with Crippen LogP contribution in [0.4, 0.5) is 4.39 Å². The Bertz CT molecular complexity index is 332. The summed E-state index contributed by atoms with van der Waals surface area (Å²) in [5.74, 6) is -0.882. The van der Waals surface area contributed by atoms with Crippen molar-refractivity contribution >= 4 is 23.2 Å². The smallest absolute Gasteiger partial charge is 0.225 e. The molecule has 0 saturated heterocycles. The number of hydrogen-bond donors (Lipinski definition) is 0. The molecule has 0 unspecified atom stereocenters. The van der Waals surface area contributed by atoms with Gasteiger partial charge in [-0.3, -0.25) is 0 Å². The summed E-state index contributed by atoms with van der Waals surface area (Å²) >= 11 is 10.8. The van der Waals surface area contributed by atoms with Crippen molar-refractivity contribution in [1.82, 2.24) is 4.98 Å². The van der Waals surface area contributed by atoms with Crippen LogP contribution in [0.3, 0.4) is 0 Å². The van der Waals surface area contributed by atoms with Gasteiger partial charge in [-0.25, -0.2) is 4.98 Å². The Morgan fingerprint density at radius 1 is 1.55 bits per heavy atom. The van der Waals surface area contributed by atoms with E-state index < -0.39 is 5.95 Å². The minimum atomic E-state index is -0.882. The molecule has 0 atom stereocenters. The summed E-state index contributed by atoms with van der Waals surface area (Å²) in [6.45, 7) is 0. The average molecular weight is 191 g/mol. The van der Waals surface area contributed by atoms with Gasteiger partial charge in [0.1, 0.15) is 11.1 Å². The third-order valence-corrected chi connectivity index (χ3v) is 1.67. The minimum Gasteiger partial charge on any atom is -0.225 e. The molecule has 5 heteroatoms. The van der Waals surface area contributed by atoms with Crippen LogP contribution in [0.2, 0.25) is 10.0 Å². The average Bonchev–Trinajstić information content (AvgIpc) is 1.99. The number of aromatic nitrogens is 1. The zero-order valence-electron chi connectivity index (χ0n) is 5.11. The fourth-order valence-electron chi connectivity index (χ4n) is 0.545. The van der Waals surface area contributed by atoms with Gasteiger partial charge in [0.15, 0.2) is 0 Å². The van der Waals surface area contributed by atoms with Crippen LogP contribution in [0.25, 0.3) is 0 Å². The normalized spacial score (nSPS) is 9.27. The molecule has 0 saturated carbocycles. The Morgan fingerprint density at radius 2 is 2.18 bits per heavy atom. The topological polar surface area (TPSA) is 36.7 Å². The van der Waals surface area contributed by atoms with Crippen LogP contribution >= 0.6 is 23.2 Å². The maximum Gasteiger partial charge on any atom is 0.233 e. The maximum absolute atomic E-state index is 12.5. The summed E-state index contributed by atoms with van der Waals surface area (Å²) in [4.78, 5) is 3.21. The van der Waals surface area contributed by atoms with E-state index in [-0.39, 0.29) is 15.6 Å². The van der Waals surface area contributed by atoms with Crippen LogP contribution in [0, 0.1) is 17.3 Å². The zero-order chi connectivity index (χ0) is 8.43. The van der Waals surface area contributed by atoms with Crippen molar-refractivity contribution in [3.8, 4) is 6.07 Å². The number of rotatable bonds is 0. The quantitative estimate of drug-likeness (QED) is 0.590. The van der Waals surface area contributed by atoms with E-state index in [1.54, 1.807) is 6.07 Å². The van der Waals surface area contributed by atoms with Crippen LogP contribution < -0.4 is 0 Å². The molecule has 1 aromatic rings. The van der Waals surface area contributed by atoms with E-state index in [1.165, 1.54) is 0 Å². The van der Waals surface area contributed by atoms with Gasteiger partial charge in [0.2, 0.25) is 5.95 Å². The minimum absolute atomic E-state index is 0.0545. The second-order valence-electron chi connectivity index (χ2n) is 1.70. The van der Waals surface area contributed by atoms with Crippen LogP contribution in [0.15, 0.2) is 6.20 Å². The van der Waals surface area contributed by atoms with Crippen molar-refractivity contribution in [2.24, 2.45) is 0 Å². The largest absolute Gasteiger partial charge is 0.233 e. The highest BCUT2D eigenvalue weighted by molar-refractivity contribution is 6.36. The summed E-state index contributed by atoms with van der Waals surface area (Å²) in [5.41, 5.74) is -0.0826. The summed E-state index contributed by atoms with van der Waals surface area (Å²) < 4.78 is 12.5. The number of hydrogen-bond acceptors (Lipinski definition) is 2. The molecule has 0 N–H and O–H groups in total. The van der Waals surface area contributed by atoms with Gasteiger partial charge in [-0.15, -0.1) is 0 Å². The molecule has 0 spiro atoms. The molecule has 0 aliphatic carbocycles. The highest BCUT2D eigenvalue weighted by atomic mass is 35.5. The number of halogens is 3. The molecule has 11 heavy (non-hydrogen) atoms. The third-order valence-electron chi connectivity index (χ3n) is 1.04. The van der Waals surface area contributed by atoms with E-state index >= 15 is 0 Å².